The molecule has 0 saturated carbocycles. The molecule has 0 nitrogen and oxygen atoms in total. The molecule has 1 aromatic heterocycles. The van der Waals surface area contributed by atoms with E-state index >= 15 is 0 Å². The molecular formula is C66H50S. The van der Waals surface area contributed by atoms with Gasteiger partial charge in [-0.25, -0.2) is 0 Å². The predicted octanol–water partition coefficient (Wildman–Crippen LogP) is 18.5. The highest BCUT2D eigenvalue weighted by Gasteiger charge is 2.36. The number of aryl methyl sites for hydroxylation is 1. The lowest BCUT2D eigenvalue weighted by atomic mass is 9.79. The fourth-order valence-electron chi connectivity index (χ4n) is 10.7. The molecule has 0 saturated heterocycles. The number of benzene rings is 10. The zero-order chi connectivity index (χ0) is 44.9. The summed E-state index contributed by atoms with van der Waals surface area (Å²) in [7, 11) is 0. The van der Waals surface area contributed by atoms with Gasteiger partial charge in [-0.3, -0.25) is 0 Å². The van der Waals surface area contributed by atoms with Crippen molar-refractivity contribution >= 4 is 31.5 Å². The van der Waals surface area contributed by atoms with Crippen LogP contribution in [0.1, 0.15) is 54.0 Å². The summed E-state index contributed by atoms with van der Waals surface area (Å²) in [6.45, 7) is 4.81. The van der Waals surface area contributed by atoms with E-state index in [0.29, 0.717) is 0 Å². The maximum atomic E-state index is 2.53. The summed E-state index contributed by atoms with van der Waals surface area (Å²) in [5, 5.41) is 2.68. The first-order valence-electron chi connectivity index (χ1n) is 23.6. The standard InChI is InChI=1S/C66H50S/c1-66(2)62-42-55(46-14-7-4-8-15-46)33-37-58(62)59-38-34-56(43-63(59)66)57(51-31-29-49(30-32-51)53-17-11-16-52(40-53)45-12-5-3-6-13-45)36-22-44-20-23-47(24-21-44)48-25-27-50(28-26-48)54-35-39-65-61(41-54)60-18-9-10-19-64(60)67-65/h3-21,23-35,37-43,57H,22,36H2,1-2H3. The molecular weight excluding hydrogens is 825 g/mol. The van der Waals surface area contributed by atoms with E-state index in [4.69, 9.17) is 0 Å². The van der Waals surface area contributed by atoms with Crippen LogP contribution < -0.4 is 0 Å². The molecule has 1 aliphatic rings. The Balaban J connectivity index is 0.828. The minimum atomic E-state index is -0.121. The predicted molar refractivity (Wildman–Crippen MR) is 287 cm³/mol. The number of hydrogen-bond donors (Lipinski definition) is 0. The molecule has 1 aliphatic carbocycles. The maximum absolute atomic E-state index is 2.53. The Morgan fingerprint density at radius 1 is 0.343 bits per heavy atom. The van der Waals surface area contributed by atoms with Crippen LogP contribution >= 0.6 is 11.3 Å². The van der Waals surface area contributed by atoms with Gasteiger partial charge in [-0.15, -0.1) is 11.3 Å². The van der Waals surface area contributed by atoms with Gasteiger partial charge in [0.25, 0.3) is 0 Å². The van der Waals surface area contributed by atoms with E-state index in [-0.39, 0.29) is 11.3 Å². The van der Waals surface area contributed by atoms with E-state index in [0.717, 1.165) is 12.8 Å². The van der Waals surface area contributed by atoms with Crippen molar-refractivity contribution in [2.24, 2.45) is 0 Å². The van der Waals surface area contributed by atoms with Crippen molar-refractivity contribution in [1.29, 1.82) is 0 Å². The summed E-state index contributed by atoms with van der Waals surface area (Å²) in [5.41, 5.74) is 22.0. The van der Waals surface area contributed by atoms with Crippen molar-refractivity contribution in [3.8, 4) is 66.8 Å². The first kappa shape index (κ1) is 40.9. The van der Waals surface area contributed by atoms with Gasteiger partial charge in [-0.05, 0) is 138 Å². The van der Waals surface area contributed by atoms with Crippen molar-refractivity contribution in [2.45, 2.75) is 38.0 Å². The van der Waals surface area contributed by atoms with Crippen molar-refractivity contribution in [1.82, 2.24) is 0 Å². The van der Waals surface area contributed by atoms with Gasteiger partial charge in [-0.2, -0.15) is 0 Å². The van der Waals surface area contributed by atoms with Gasteiger partial charge in [0, 0.05) is 31.5 Å². The highest BCUT2D eigenvalue weighted by molar-refractivity contribution is 7.25. The molecule has 1 heterocycles. The Hall–Kier alpha value is -7.58. The van der Waals surface area contributed by atoms with Crippen LogP contribution in [0.5, 0.6) is 0 Å². The second-order valence-corrected chi connectivity index (χ2v) is 19.9. The fourth-order valence-corrected chi connectivity index (χ4v) is 11.7. The van der Waals surface area contributed by atoms with Crippen LogP contribution in [0.2, 0.25) is 0 Å². The smallest absolute Gasteiger partial charge is 0.0355 e. The molecule has 67 heavy (non-hydrogen) atoms. The molecule has 11 aromatic rings. The molecule has 0 spiro atoms. The Bertz CT molecular complexity index is 3560. The molecule has 1 atom stereocenters. The molecule has 0 aliphatic heterocycles. The van der Waals surface area contributed by atoms with Crippen molar-refractivity contribution < 1.29 is 0 Å². The quantitative estimate of drug-likeness (QED) is 0.128. The lowest BCUT2D eigenvalue weighted by Crippen LogP contribution is -2.16. The number of hydrogen-bond acceptors (Lipinski definition) is 1. The zero-order valence-corrected chi connectivity index (χ0v) is 38.7. The van der Waals surface area contributed by atoms with Crippen LogP contribution in [0.15, 0.2) is 237 Å². The third-order valence-electron chi connectivity index (χ3n) is 14.4. The second kappa shape index (κ2) is 17.0. The highest BCUT2D eigenvalue weighted by Crippen LogP contribution is 2.51. The SMILES string of the molecule is CC1(C)c2cc(-c3ccccc3)ccc2-c2ccc(C(CCc3ccc(-c4ccc(-c5ccc6sc7ccccc7c6c5)cc4)cc3)c3ccc(-c4cccc(-c5ccccc5)c4)cc3)cc21. The lowest BCUT2D eigenvalue weighted by molar-refractivity contribution is 0.654. The minimum absolute atomic E-state index is 0.121. The van der Waals surface area contributed by atoms with Gasteiger partial charge < -0.3 is 0 Å². The van der Waals surface area contributed by atoms with Crippen LogP contribution in [0, 0.1) is 0 Å². The summed E-state index contributed by atoms with van der Waals surface area (Å²) >= 11 is 1.87. The number of rotatable bonds is 10. The Labute approximate surface area is 398 Å². The van der Waals surface area contributed by atoms with E-state index in [2.05, 4.69) is 250 Å². The normalized spacial score (nSPS) is 13.1. The minimum Gasteiger partial charge on any atom is -0.135 e. The fraction of sp³-hybridized carbons (Fsp3) is 0.0909. The average Bonchev–Trinajstić information content (AvgIpc) is 3.88. The molecule has 0 fully saturated rings. The van der Waals surface area contributed by atoms with E-state index in [1.54, 1.807) is 0 Å². The first-order chi connectivity index (χ1) is 32.9. The van der Waals surface area contributed by atoms with E-state index in [1.807, 2.05) is 11.3 Å². The van der Waals surface area contributed by atoms with Gasteiger partial charge in [0.15, 0.2) is 0 Å². The summed E-state index contributed by atoms with van der Waals surface area (Å²) in [5.74, 6) is 0.230. The van der Waals surface area contributed by atoms with Crippen molar-refractivity contribution in [3.63, 3.8) is 0 Å². The van der Waals surface area contributed by atoms with Gasteiger partial charge in [0.05, 0.1) is 0 Å². The zero-order valence-electron chi connectivity index (χ0n) is 37.9. The van der Waals surface area contributed by atoms with Crippen LogP contribution in [-0.2, 0) is 11.8 Å². The highest BCUT2D eigenvalue weighted by atomic mass is 32.1. The summed E-state index contributed by atoms with van der Waals surface area (Å²) < 4.78 is 2.68. The van der Waals surface area contributed by atoms with Gasteiger partial charge in [0.1, 0.15) is 0 Å². The molecule has 0 amide bonds. The number of fused-ring (bicyclic) bond motifs is 6. The topological polar surface area (TPSA) is 0 Å². The van der Waals surface area contributed by atoms with Crippen LogP contribution in [0.3, 0.4) is 0 Å². The third kappa shape index (κ3) is 7.70. The molecule has 1 unspecified atom stereocenters. The Morgan fingerprint density at radius 3 is 1.46 bits per heavy atom. The van der Waals surface area contributed by atoms with Crippen LogP contribution in [0.25, 0.3) is 86.9 Å². The van der Waals surface area contributed by atoms with Crippen LogP contribution in [-0.4, -0.2) is 0 Å². The molecule has 320 valence electrons. The largest absolute Gasteiger partial charge is 0.135 e. The number of thiophene rings is 1. The average molecular weight is 875 g/mol. The van der Waals surface area contributed by atoms with E-state index < -0.39 is 0 Å². The lowest BCUT2D eigenvalue weighted by Gasteiger charge is -2.25. The molecule has 0 radical (unpaired) electrons. The first-order valence-corrected chi connectivity index (χ1v) is 24.5. The van der Waals surface area contributed by atoms with Crippen LogP contribution in [0.4, 0.5) is 0 Å². The molecule has 0 bridgehead atoms. The van der Waals surface area contributed by atoms with E-state index in [1.165, 1.54) is 115 Å². The van der Waals surface area contributed by atoms with Gasteiger partial charge in [-0.1, -0.05) is 220 Å². The molecule has 1 heteroatoms. The Morgan fingerprint density at radius 2 is 0.791 bits per heavy atom. The van der Waals surface area contributed by atoms with Gasteiger partial charge in [0.2, 0.25) is 0 Å². The monoisotopic (exact) mass is 874 g/mol. The summed E-state index contributed by atoms with van der Waals surface area (Å²) in [6, 6.07) is 88.2. The Kier molecular flexibility index (Phi) is 10.4. The maximum Gasteiger partial charge on any atom is 0.0355 e. The third-order valence-corrected chi connectivity index (χ3v) is 15.6. The molecule has 10 aromatic carbocycles. The van der Waals surface area contributed by atoms with Gasteiger partial charge >= 0.3 is 0 Å². The van der Waals surface area contributed by atoms with E-state index in [9.17, 15) is 0 Å². The van der Waals surface area contributed by atoms with Crippen molar-refractivity contribution in [3.05, 3.63) is 264 Å². The molecule has 12 rings (SSSR count). The second-order valence-electron chi connectivity index (χ2n) is 18.8. The summed E-state index contributed by atoms with van der Waals surface area (Å²) in [4.78, 5) is 0. The van der Waals surface area contributed by atoms with Crippen molar-refractivity contribution in [2.75, 3.05) is 0 Å². The summed E-state index contributed by atoms with van der Waals surface area (Å²) in [6.07, 6.45) is 1.98. The molecule has 0 N–H and O–H groups in total.